The number of benzene rings is 1. The van der Waals surface area contributed by atoms with Crippen LogP contribution < -0.4 is 11.1 Å². The van der Waals surface area contributed by atoms with E-state index in [2.05, 4.69) is 11.4 Å². The van der Waals surface area contributed by atoms with Crippen molar-refractivity contribution in [1.82, 2.24) is 9.88 Å². The van der Waals surface area contributed by atoms with Crippen LogP contribution in [0.5, 0.6) is 0 Å². The zero-order chi connectivity index (χ0) is 17.8. The number of oxazole rings is 1. The molecule has 132 valence electrons. The fraction of sp³-hybridized carbons (Fsp3) is 0.412. The first-order valence-electron chi connectivity index (χ1n) is 8.27. The Morgan fingerprint density at radius 1 is 1.36 bits per heavy atom. The number of hydrogen-bond donors (Lipinski definition) is 1. The fourth-order valence-electron chi connectivity index (χ4n) is 3.01. The predicted molar refractivity (Wildman–Crippen MR) is 91.3 cm³/mol. The van der Waals surface area contributed by atoms with Crippen LogP contribution >= 0.6 is 0 Å². The third-order valence-corrected chi connectivity index (χ3v) is 4.32. The topological polar surface area (TPSA) is 107 Å². The van der Waals surface area contributed by atoms with Gasteiger partial charge in [0.15, 0.2) is 5.58 Å². The Morgan fingerprint density at radius 3 is 2.92 bits per heavy atom. The molecule has 1 aliphatic carbocycles. The lowest BCUT2D eigenvalue weighted by molar-refractivity contribution is -0.384. The van der Waals surface area contributed by atoms with Gasteiger partial charge < -0.3 is 9.73 Å². The average molecular weight is 345 g/mol. The van der Waals surface area contributed by atoms with E-state index in [1.807, 2.05) is 0 Å². The molecule has 0 saturated heterocycles. The van der Waals surface area contributed by atoms with Gasteiger partial charge >= 0.3 is 5.76 Å². The van der Waals surface area contributed by atoms with Gasteiger partial charge in [-0.3, -0.25) is 19.5 Å². The number of hydrogen-bond acceptors (Lipinski definition) is 5. The lowest BCUT2D eigenvalue weighted by atomic mass is 9.97. The van der Waals surface area contributed by atoms with E-state index in [-0.39, 0.29) is 23.7 Å². The quantitative estimate of drug-likeness (QED) is 0.492. The van der Waals surface area contributed by atoms with Crippen molar-refractivity contribution >= 4 is 22.7 Å². The highest BCUT2D eigenvalue weighted by Crippen LogP contribution is 2.20. The van der Waals surface area contributed by atoms with Crippen LogP contribution in [0.3, 0.4) is 0 Å². The molecule has 1 N–H and O–H groups in total. The number of rotatable bonds is 6. The van der Waals surface area contributed by atoms with Gasteiger partial charge in [-0.15, -0.1) is 0 Å². The van der Waals surface area contributed by atoms with Crippen LogP contribution in [0.2, 0.25) is 0 Å². The molecule has 8 heteroatoms. The summed E-state index contributed by atoms with van der Waals surface area (Å²) in [6.07, 6.45) is 7.66. The van der Waals surface area contributed by atoms with Gasteiger partial charge in [0.25, 0.3) is 5.69 Å². The van der Waals surface area contributed by atoms with E-state index in [1.54, 1.807) is 0 Å². The van der Waals surface area contributed by atoms with Crippen molar-refractivity contribution in [3.63, 3.8) is 0 Å². The molecule has 0 aliphatic heterocycles. The molecule has 1 amide bonds. The van der Waals surface area contributed by atoms with E-state index in [4.69, 9.17) is 4.42 Å². The molecule has 0 spiro atoms. The van der Waals surface area contributed by atoms with E-state index in [0.29, 0.717) is 12.1 Å². The molecule has 0 bridgehead atoms. The lowest BCUT2D eigenvalue weighted by Crippen LogP contribution is -2.31. The summed E-state index contributed by atoms with van der Waals surface area (Å²) in [6, 6.07) is 3.88. The third kappa shape index (κ3) is 3.96. The standard InChI is InChI=1S/C17H19N3O5/c21-16(18-9-8-12-4-2-1-3-5-12)11-19-14-7-6-13(20(23)24)10-15(14)25-17(19)22/h4,6-7,10H,1-3,5,8-9,11H2,(H,18,21). The van der Waals surface area contributed by atoms with Crippen LogP contribution in [0.1, 0.15) is 32.1 Å². The Hall–Kier alpha value is -2.90. The molecule has 1 aliphatic rings. The summed E-state index contributed by atoms with van der Waals surface area (Å²) in [6.45, 7) is 0.351. The minimum Gasteiger partial charge on any atom is -0.407 e. The zero-order valence-electron chi connectivity index (χ0n) is 13.7. The first kappa shape index (κ1) is 16.9. The van der Waals surface area contributed by atoms with E-state index in [1.165, 1.54) is 41.2 Å². The maximum absolute atomic E-state index is 12.1. The number of nitro groups is 1. The van der Waals surface area contributed by atoms with Crippen LogP contribution in [0, 0.1) is 10.1 Å². The number of fused-ring (bicyclic) bond motifs is 1. The molecular weight excluding hydrogens is 326 g/mol. The van der Waals surface area contributed by atoms with Crippen molar-refractivity contribution in [3.05, 3.63) is 50.5 Å². The van der Waals surface area contributed by atoms with Crippen molar-refractivity contribution in [2.75, 3.05) is 6.54 Å². The fourth-order valence-corrected chi connectivity index (χ4v) is 3.01. The van der Waals surface area contributed by atoms with E-state index < -0.39 is 10.7 Å². The lowest BCUT2D eigenvalue weighted by Gasteiger charge is -2.13. The first-order chi connectivity index (χ1) is 12.0. The van der Waals surface area contributed by atoms with Crippen molar-refractivity contribution in [2.24, 2.45) is 0 Å². The predicted octanol–water partition coefficient (Wildman–Crippen LogP) is 2.51. The van der Waals surface area contributed by atoms with E-state index in [9.17, 15) is 19.7 Å². The number of nitrogens with zero attached hydrogens (tertiary/aromatic N) is 2. The molecule has 0 atom stereocenters. The van der Waals surface area contributed by atoms with E-state index in [0.717, 1.165) is 19.3 Å². The van der Waals surface area contributed by atoms with Crippen molar-refractivity contribution in [3.8, 4) is 0 Å². The molecule has 8 nitrogen and oxygen atoms in total. The summed E-state index contributed by atoms with van der Waals surface area (Å²) in [4.78, 5) is 34.2. The normalized spacial score (nSPS) is 14.3. The Bertz CT molecular complexity index is 893. The molecule has 1 aromatic heterocycles. The summed E-state index contributed by atoms with van der Waals surface area (Å²) in [5.41, 5.74) is 1.66. The third-order valence-electron chi connectivity index (χ3n) is 4.32. The van der Waals surface area contributed by atoms with Gasteiger partial charge in [0.1, 0.15) is 6.54 Å². The summed E-state index contributed by atoms with van der Waals surface area (Å²) < 4.78 is 6.18. The Kier molecular flexibility index (Phi) is 4.97. The van der Waals surface area contributed by atoms with Gasteiger partial charge in [-0.25, -0.2) is 4.79 Å². The number of carbonyl (C=O) groups is 1. The maximum atomic E-state index is 12.1. The molecule has 0 fully saturated rings. The molecular formula is C17H19N3O5. The second kappa shape index (κ2) is 7.33. The van der Waals surface area contributed by atoms with Crippen LogP contribution in [0.4, 0.5) is 5.69 Å². The number of non-ortho nitro benzene ring substituents is 1. The van der Waals surface area contributed by atoms with Crippen LogP contribution in [-0.2, 0) is 11.3 Å². The van der Waals surface area contributed by atoms with Crippen LogP contribution in [-0.4, -0.2) is 21.9 Å². The number of nitrogens with one attached hydrogen (secondary N) is 1. The highest BCUT2D eigenvalue weighted by molar-refractivity contribution is 5.80. The molecule has 25 heavy (non-hydrogen) atoms. The van der Waals surface area contributed by atoms with Gasteiger partial charge in [-0.1, -0.05) is 11.6 Å². The minimum absolute atomic E-state index is 0.0966. The average Bonchev–Trinajstić information content (AvgIpc) is 2.90. The monoisotopic (exact) mass is 345 g/mol. The van der Waals surface area contributed by atoms with Crippen LogP contribution in [0.15, 0.2) is 39.1 Å². The van der Waals surface area contributed by atoms with Crippen LogP contribution in [0.25, 0.3) is 11.1 Å². The van der Waals surface area contributed by atoms with Crippen molar-refractivity contribution in [2.45, 2.75) is 38.6 Å². The highest BCUT2D eigenvalue weighted by atomic mass is 16.6. The first-order valence-corrected chi connectivity index (χ1v) is 8.27. The molecule has 1 heterocycles. The van der Waals surface area contributed by atoms with E-state index >= 15 is 0 Å². The number of allylic oxidation sites excluding steroid dienone is 1. The number of aromatic nitrogens is 1. The van der Waals surface area contributed by atoms with Gasteiger partial charge in [-0.2, -0.15) is 0 Å². The highest BCUT2D eigenvalue weighted by Gasteiger charge is 2.16. The van der Waals surface area contributed by atoms with Gasteiger partial charge in [-0.05, 0) is 38.2 Å². The second-order valence-corrected chi connectivity index (χ2v) is 6.07. The maximum Gasteiger partial charge on any atom is 0.420 e. The number of nitro benzene ring substituents is 1. The summed E-state index contributed by atoms with van der Waals surface area (Å²) >= 11 is 0. The number of carbonyl (C=O) groups excluding carboxylic acids is 1. The van der Waals surface area contributed by atoms with Gasteiger partial charge in [0, 0.05) is 12.6 Å². The molecule has 0 saturated carbocycles. The molecule has 3 rings (SSSR count). The number of amides is 1. The molecule has 0 unspecified atom stereocenters. The summed E-state index contributed by atoms with van der Waals surface area (Å²) in [5, 5.41) is 13.6. The van der Waals surface area contributed by atoms with Crippen molar-refractivity contribution < 1.29 is 14.1 Å². The van der Waals surface area contributed by atoms with Gasteiger partial charge in [0.05, 0.1) is 16.5 Å². The molecule has 2 aromatic rings. The van der Waals surface area contributed by atoms with Crippen molar-refractivity contribution in [1.29, 1.82) is 0 Å². The van der Waals surface area contributed by atoms with Gasteiger partial charge in [0.2, 0.25) is 5.91 Å². The second-order valence-electron chi connectivity index (χ2n) is 6.07. The Balaban J connectivity index is 1.64. The minimum atomic E-state index is -0.708. The largest absolute Gasteiger partial charge is 0.420 e. The molecule has 1 aromatic carbocycles. The summed E-state index contributed by atoms with van der Waals surface area (Å²) in [5.74, 6) is -1.000. The molecule has 0 radical (unpaired) electrons. The smallest absolute Gasteiger partial charge is 0.407 e. The Labute approximate surface area is 143 Å². The Morgan fingerprint density at radius 2 is 2.20 bits per heavy atom. The summed E-state index contributed by atoms with van der Waals surface area (Å²) in [7, 11) is 0. The zero-order valence-corrected chi connectivity index (χ0v) is 13.7. The SMILES string of the molecule is O=C(Cn1c(=O)oc2cc([N+](=O)[O-])ccc21)NCCC1=CCCCC1.